The van der Waals surface area contributed by atoms with Gasteiger partial charge in [-0.1, -0.05) is 42.6 Å². The molecule has 1 amide bonds. The van der Waals surface area contributed by atoms with Crippen molar-refractivity contribution in [3.8, 4) is 5.75 Å². The Labute approximate surface area is 147 Å². The van der Waals surface area contributed by atoms with E-state index in [4.69, 9.17) is 0 Å². The summed E-state index contributed by atoms with van der Waals surface area (Å²) in [7, 11) is 0. The van der Waals surface area contributed by atoms with Gasteiger partial charge in [-0.3, -0.25) is 4.79 Å². The Balaban J connectivity index is 2.82. The normalized spacial score (nSPS) is 11.9. The topological polar surface area (TPSA) is 81.9 Å². The largest absolute Gasteiger partial charge is 0.506 e. The summed E-state index contributed by atoms with van der Waals surface area (Å²) in [5.74, 6) is -0.500. The number of carbonyl (C=O) groups is 1. The number of aliphatic hydroxyl groups is 1. The molecule has 0 saturated carbocycles. The first kappa shape index (κ1) is 19.1. The van der Waals surface area contributed by atoms with Crippen LogP contribution in [0.4, 0.5) is 0 Å². The molecule has 0 aliphatic rings. The summed E-state index contributed by atoms with van der Waals surface area (Å²) >= 11 is 6.53. The highest BCUT2D eigenvalue weighted by Gasteiger charge is 2.33. The molecule has 0 fully saturated rings. The van der Waals surface area contributed by atoms with Crippen LogP contribution in [0.3, 0.4) is 0 Å². The molecule has 0 saturated heterocycles. The average molecular weight is 436 g/mol. The summed E-state index contributed by atoms with van der Waals surface area (Å²) in [5, 5.41) is 24.1. The van der Waals surface area contributed by atoms with Crippen molar-refractivity contribution in [2.45, 2.75) is 45.1 Å². The minimum absolute atomic E-state index is 0.0265. The maximum absolute atomic E-state index is 12.1. The van der Waals surface area contributed by atoms with Crippen LogP contribution in [0, 0.1) is 0 Å². The summed E-state index contributed by atoms with van der Waals surface area (Å²) in [6.07, 6.45) is 3.51. The first-order chi connectivity index (χ1) is 10.3. The van der Waals surface area contributed by atoms with E-state index >= 15 is 0 Å². The Morgan fingerprint density at radius 1 is 1.32 bits per heavy atom. The molecule has 1 rings (SSSR count). The molecule has 0 aliphatic carbocycles. The van der Waals surface area contributed by atoms with Gasteiger partial charge in [0.1, 0.15) is 11.4 Å². The number of phenols is 1. The molecule has 1 aromatic rings. The summed E-state index contributed by atoms with van der Waals surface area (Å²) in [6, 6.07) is 3.37. The van der Waals surface area contributed by atoms with Gasteiger partial charge in [0.05, 0.1) is 10.7 Å². The molecule has 0 bridgehead atoms. The first-order valence-electron chi connectivity index (χ1n) is 7.08. The van der Waals surface area contributed by atoms with Crippen molar-refractivity contribution in [1.29, 1.82) is 0 Å². The number of amides is 1. The average Bonchev–Trinajstić information content (AvgIpc) is 2.44. The fraction of sp³-hybridized carbons (Fsp3) is 0.467. The maximum Gasteiger partial charge on any atom is 0.271 e. The fourth-order valence-electron chi connectivity index (χ4n) is 2.13. The molecule has 0 atom stereocenters. The second kappa shape index (κ2) is 8.64. The van der Waals surface area contributed by atoms with Gasteiger partial charge in [-0.25, -0.2) is 5.43 Å². The Bertz CT molecular complexity index is 556. The first-order valence-corrected chi connectivity index (χ1v) is 8.66. The number of hydrazone groups is 1. The highest BCUT2D eigenvalue weighted by molar-refractivity contribution is 9.11. The lowest BCUT2D eigenvalue weighted by Crippen LogP contribution is -2.45. The molecule has 0 unspecified atom stereocenters. The van der Waals surface area contributed by atoms with Gasteiger partial charge in [0.15, 0.2) is 0 Å². The van der Waals surface area contributed by atoms with E-state index in [-0.39, 0.29) is 5.75 Å². The van der Waals surface area contributed by atoms with Crippen LogP contribution in [0.1, 0.15) is 45.1 Å². The Morgan fingerprint density at radius 3 is 2.45 bits per heavy atom. The molecule has 0 radical (unpaired) electrons. The fourth-order valence-corrected chi connectivity index (χ4v) is 3.39. The summed E-state index contributed by atoms with van der Waals surface area (Å²) in [6.45, 7) is 3.82. The van der Waals surface area contributed by atoms with E-state index in [9.17, 15) is 15.0 Å². The minimum atomic E-state index is -1.40. The van der Waals surface area contributed by atoms with E-state index in [1.807, 2.05) is 13.8 Å². The second-order valence-corrected chi connectivity index (χ2v) is 6.83. The zero-order valence-corrected chi connectivity index (χ0v) is 15.7. The highest BCUT2D eigenvalue weighted by atomic mass is 79.9. The van der Waals surface area contributed by atoms with Crippen LogP contribution in [-0.2, 0) is 4.79 Å². The summed E-state index contributed by atoms with van der Waals surface area (Å²) in [5.41, 5.74) is 1.39. The Morgan fingerprint density at radius 2 is 1.91 bits per heavy atom. The van der Waals surface area contributed by atoms with Crippen molar-refractivity contribution >= 4 is 44.0 Å². The van der Waals surface area contributed by atoms with E-state index in [2.05, 4.69) is 42.4 Å². The van der Waals surface area contributed by atoms with Crippen LogP contribution in [-0.4, -0.2) is 27.9 Å². The van der Waals surface area contributed by atoms with E-state index in [1.54, 1.807) is 12.1 Å². The van der Waals surface area contributed by atoms with Crippen molar-refractivity contribution in [3.05, 3.63) is 26.6 Å². The van der Waals surface area contributed by atoms with Gasteiger partial charge in [-0.2, -0.15) is 5.10 Å². The number of rotatable bonds is 7. The third kappa shape index (κ3) is 5.07. The second-order valence-electron chi connectivity index (χ2n) is 5.06. The Kier molecular flexibility index (Phi) is 7.52. The monoisotopic (exact) mass is 434 g/mol. The van der Waals surface area contributed by atoms with Gasteiger partial charge >= 0.3 is 0 Å². The number of aromatic hydroxyl groups is 1. The molecule has 0 spiro atoms. The van der Waals surface area contributed by atoms with Crippen LogP contribution in [0.2, 0.25) is 0 Å². The number of nitrogens with zero attached hydrogens (tertiary/aromatic N) is 1. The smallest absolute Gasteiger partial charge is 0.271 e. The van der Waals surface area contributed by atoms with Crippen molar-refractivity contribution < 1.29 is 15.0 Å². The van der Waals surface area contributed by atoms with Gasteiger partial charge in [0, 0.05) is 10.0 Å². The lowest BCUT2D eigenvalue weighted by atomic mass is 9.92. The molecule has 3 N–H and O–H groups in total. The van der Waals surface area contributed by atoms with E-state index in [1.165, 1.54) is 6.21 Å². The van der Waals surface area contributed by atoms with E-state index in [0.29, 0.717) is 35.7 Å². The van der Waals surface area contributed by atoms with Crippen LogP contribution in [0.15, 0.2) is 26.2 Å². The highest BCUT2D eigenvalue weighted by Crippen LogP contribution is 2.30. The molecule has 122 valence electrons. The molecule has 0 heterocycles. The number of benzene rings is 1. The van der Waals surface area contributed by atoms with Crippen molar-refractivity contribution in [2.75, 3.05) is 0 Å². The third-order valence-corrected chi connectivity index (χ3v) is 4.24. The Hall–Kier alpha value is -0.920. The van der Waals surface area contributed by atoms with Crippen LogP contribution in [0.5, 0.6) is 5.75 Å². The molecule has 1 aromatic carbocycles. The lowest BCUT2D eigenvalue weighted by Gasteiger charge is -2.24. The quantitative estimate of drug-likeness (QED) is 0.451. The molecular formula is C15H20Br2N2O3. The zero-order chi connectivity index (χ0) is 16.8. The number of carbonyl (C=O) groups excluding carboxylic acids is 1. The lowest BCUT2D eigenvalue weighted by molar-refractivity contribution is -0.141. The van der Waals surface area contributed by atoms with Crippen molar-refractivity contribution in [2.24, 2.45) is 5.10 Å². The molecule has 0 aliphatic heterocycles. The van der Waals surface area contributed by atoms with Gasteiger partial charge in [-0.15, -0.1) is 0 Å². The van der Waals surface area contributed by atoms with Gasteiger partial charge in [0.25, 0.3) is 5.91 Å². The zero-order valence-electron chi connectivity index (χ0n) is 12.6. The molecule has 5 nitrogen and oxygen atoms in total. The number of hydrogen-bond acceptors (Lipinski definition) is 4. The SMILES string of the molecule is CCCC(O)(CCC)C(=O)NN=Cc1cc(Br)cc(Br)c1O. The van der Waals surface area contributed by atoms with E-state index < -0.39 is 11.5 Å². The van der Waals surface area contributed by atoms with Crippen LogP contribution >= 0.6 is 31.9 Å². The predicted octanol–water partition coefficient (Wildman–Crippen LogP) is 3.70. The van der Waals surface area contributed by atoms with Gasteiger partial charge < -0.3 is 10.2 Å². The predicted molar refractivity (Wildman–Crippen MR) is 94.0 cm³/mol. The molecule has 0 aromatic heterocycles. The molecule has 7 heteroatoms. The summed E-state index contributed by atoms with van der Waals surface area (Å²) < 4.78 is 1.28. The van der Waals surface area contributed by atoms with Crippen LogP contribution < -0.4 is 5.43 Å². The summed E-state index contributed by atoms with van der Waals surface area (Å²) in [4.78, 5) is 12.1. The standard InChI is InChI=1S/C15H20Br2N2O3/c1-3-5-15(22,6-4-2)14(21)19-18-9-10-7-11(16)8-12(17)13(10)20/h7-9,20,22H,3-6H2,1-2H3,(H,19,21). The van der Waals surface area contributed by atoms with Gasteiger partial charge in [-0.05, 0) is 40.9 Å². The number of hydrogen-bond donors (Lipinski definition) is 3. The third-order valence-electron chi connectivity index (χ3n) is 3.18. The molecular weight excluding hydrogens is 416 g/mol. The van der Waals surface area contributed by atoms with E-state index in [0.717, 1.165) is 4.47 Å². The van der Waals surface area contributed by atoms with Crippen molar-refractivity contribution in [1.82, 2.24) is 5.43 Å². The molecule has 22 heavy (non-hydrogen) atoms. The minimum Gasteiger partial charge on any atom is -0.506 e. The number of halogens is 2. The van der Waals surface area contributed by atoms with Crippen LogP contribution in [0.25, 0.3) is 0 Å². The van der Waals surface area contributed by atoms with Gasteiger partial charge in [0.2, 0.25) is 0 Å². The number of phenolic OH excluding ortho intramolecular Hbond substituents is 1. The maximum atomic E-state index is 12.1. The number of nitrogens with one attached hydrogen (secondary N) is 1. The van der Waals surface area contributed by atoms with Crippen molar-refractivity contribution in [3.63, 3.8) is 0 Å².